The lowest BCUT2D eigenvalue weighted by Gasteiger charge is -2.07. The second-order valence-corrected chi connectivity index (χ2v) is 7.88. The Morgan fingerprint density at radius 3 is 2.70 bits per heavy atom. The summed E-state index contributed by atoms with van der Waals surface area (Å²) in [5, 5.41) is 3.86. The SMILES string of the molecule is O=C(Nc1ccc2oc(-c3cccc(Cl)c3)nc2c1)c1cc(I)ccc1Cl. The predicted molar refractivity (Wildman–Crippen MR) is 117 cm³/mol. The van der Waals surface area contributed by atoms with Gasteiger partial charge in [-0.2, -0.15) is 0 Å². The standard InChI is InChI=1S/C20H11Cl2IN2O2/c21-12-3-1-2-11(8-12)20-25-17-10-14(5-7-18(17)27-20)24-19(26)15-9-13(23)4-6-16(15)22/h1-10H,(H,24,26). The second-order valence-electron chi connectivity index (χ2n) is 5.79. The maximum absolute atomic E-state index is 12.5. The van der Waals surface area contributed by atoms with E-state index in [0.717, 1.165) is 9.13 Å². The minimum absolute atomic E-state index is 0.281. The number of fused-ring (bicyclic) bond motifs is 1. The summed E-state index contributed by atoms with van der Waals surface area (Å²) >= 11 is 14.3. The number of aromatic nitrogens is 1. The molecule has 134 valence electrons. The van der Waals surface area contributed by atoms with Crippen molar-refractivity contribution in [2.45, 2.75) is 0 Å². The van der Waals surface area contributed by atoms with Crippen LogP contribution >= 0.6 is 45.8 Å². The number of halogens is 3. The maximum Gasteiger partial charge on any atom is 0.257 e. The molecule has 0 atom stereocenters. The molecule has 0 spiro atoms. The number of anilines is 1. The molecule has 0 fully saturated rings. The van der Waals surface area contributed by atoms with Crippen molar-refractivity contribution in [1.29, 1.82) is 0 Å². The fourth-order valence-corrected chi connectivity index (χ4v) is 3.50. The molecule has 1 heterocycles. The van der Waals surface area contributed by atoms with E-state index < -0.39 is 0 Å². The van der Waals surface area contributed by atoms with Gasteiger partial charge in [-0.3, -0.25) is 4.79 Å². The third-order valence-corrected chi connectivity index (χ3v) is 5.13. The van der Waals surface area contributed by atoms with Gasteiger partial charge in [0.05, 0.1) is 10.6 Å². The lowest BCUT2D eigenvalue weighted by atomic mass is 10.2. The van der Waals surface area contributed by atoms with Gasteiger partial charge in [-0.1, -0.05) is 29.3 Å². The van der Waals surface area contributed by atoms with Crippen LogP contribution in [0.15, 0.2) is 65.1 Å². The van der Waals surface area contributed by atoms with Gasteiger partial charge in [-0.15, -0.1) is 0 Å². The van der Waals surface area contributed by atoms with Gasteiger partial charge in [-0.05, 0) is 77.2 Å². The summed E-state index contributed by atoms with van der Waals surface area (Å²) in [7, 11) is 0. The molecule has 7 heteroatoms. The Morgan fingerprint density at radius 1 is 1.04 bits per heavy atom. The third-order valence-electron chi connectivity index (χ3n) is 3.89. The highest BCUT2D eigenvalue weighted by Crippen LogP contribution is 2.28. The molecule has 0 aliphatic rings. The first kappa shape index (κ1) is 18.3. The molecule has 0 bridgehead atoms. The molecule has 0 unspecified atom stereocenters. The van der Waals surface area contributed by atoms with Crippen molar-refractivity contribution in [3.05, 3.63) is 79.8 Å². The number of carbonyl (C=O) groups is 1. The number of hydrogen-bond donors (Lipinski definition) is 1. The summed E-state index contributed by atoms with van der Waals surface area (Å²) in [4.78, 5) is 17.0. The van der Waals surface area contributed by atoms with Gasteiger partial charge in [0, 0.05) is 19.8 Å². The minimum atomic E-state index is -0.281. The van der Waals surface area contributed by atoms with Crippen LogP contribution in [0.25, 0.3) is 22.6 Å². The van der Waals surface area contributed by atoms with Crippen LogP contribution in [-0.4, -0.2) is 10.9 Å². The van der Waals surface area contributed by atoms with Crippen LogP contribution in [0.1, 0.15) is 10.4 Å². The summed E-state index contributed by atoms with van der Waals surface area (Å²) in [6, 6.07) is 17.9. The Hall–Kier alpha value is -2.09. The van der Waals surface area contributed by atoms with E-state index in [4.69, 9.17) is 27.6 Å². The summed E-state index contributed by atoms with van der Waals surface area (Å²) in [5.41, 5.74) is 3.07. The zero-order chi connectivity index (χ0) is 19.0. The molecular formula is C20H11Cl2IN2O2. The fourth-order valence-electron chi connectivity index (χ4n) is 2.62. The van der Waals surface area contributed by atoms with Crippen molar-refractivity contribution in [3.63, 3.8) is 0 Å². The number of nitrogens with zero attached hydrogens (tertiary/aromatic N) is 1. The van der Waals surface area contributed by atoms with E-state index >= 15 is 0 Å². The molecule has 1 N–H and O–H groups in total. The zero-order valence-corrected chi connectivity index (χ0v) is 17.3. The molecule has 1 aromatic heterocycles. The van der Waals surface area contributed by atoms with Gasteiger partial charge < -0.3 is 9.73 Å². The molecule has 4 rings (SSSR count). The van der Waals surface area contributed by atoms with Gasteiger partial charge in [0.25, 0.3) is 5.91 Å². The molecule has 0 saturated carbocycles. The average Bonchev–Trinajstić information content (AvgIpc) is 3.07. The van der Waals surface area contributed by atoms with Crippen molar-refractivity contribution >= 4 is 68.5 Å². The molecule has 27 heavy (non-hydrogen) atoms. The first-order chi connectivity index (χ1) is 13.0. The highest BCUT2D eigenvalue weighted by atomic mass is 127. The smallest absolute Gasteiger partial charge is 0.257 e. The van der Waals surface area contributed by atoms with Crippen molar-refractivity contribution in [2.24, 2.45) is 0 Å². The summed E-state index contributed by atoms with van der Waals surface area (Å²) in [6.07, 6.45) is 0. The number of amides is 1. The van der Waals surface area contributed by atoms with Crippen molar-refractivity contribution in [3.8, 4) is 11.5 Å². The monoisotopic (exact) mass is 508 g/mol. The summed E-state index contributed by atoms with van der Waals surface area (Å²) in [5.74, 6) is 0.188. The van der Waals surface area contributed by atoms with Crippen LogP contribution in [0.3, 0.4) is 0 Å². The lowest BCUT2D eigenvalue weighted by Crippen LogP contribution is -2.12. The molecule has 3 aromatic carbocycles. The molecule has 0 aliphatic carbocycles. The summed E-state index contributed by atoms with van der Waals surface area (Å²) < 4.78 is 6.71. The number of carbonyl (C=O) groups excluding carboxylic acids is 1. The molecule has 0 aliphatic heterocycles. The van der Waals surface area contributed by atoms with Crippen molar-refractivity contribution in [1.82, 2.24) is 4.98 Å². The van der Waals surface area contributed by atoms with Crippen LogP contribution in [0.5, 0.6) is 0 Å². The molecular weight excluding hydrogens is 498 g/mol. The Morgan fingerprint density at radius 2 is 1.89 bits per heavy atom. The minimum Gasteiger partial charge on any atom is -0.436 e. The first-order valence-corrected chi connectivity index (χ1v) is 9.76. The van der Waals surface area contributed by atoms with E-state index in [9.17, 15) is 4.79 Å². The number of oxazole rings is 1. The Kier molecular flexibility index (Phi) is 5.08. The normalized spacial score (nSPS) is 10.9. The van der Waals surface area contributed by atoms with Crippen LogP contribution in [0.2, 0.25) is 10.0 Å². The van der Waals surface area contributed by atoms with Crippen LogP contribution in [-0.2, 0) is 0 Å². The van der Waals surface area contributed by atoms with E-state index in [1.807, 2.05) is 18.2 Å². The van der Waals surface area contributed by atoms with E-state index in [-0.39, 0.29) is 5.91 Å². The number of hydrogen-bond acceptors (Lipinski definition) is 3. The molecule has 4 aromatic rings. The lowest BCUT2D eigenvalue weighted by molar-refractivity contribution is 0.102. The Balaban J connectivity index is 1.64. The zero-order valence-electron chi connectivity index (χ0n) is 13.7. The van der Waals surface area contributed by atoms with Gasteiger partial charge in [0.1, 0.15) is 5.52 Å². The summed E-state index contributed by atoms with van der Waals surface area (Å²) in [6.45, 7) is 0. The average molecular weight is 509 g/mol. The van der Waals surface area contributed by atoms with E-state index in [1.54, 1.807) is 42.5 Å². The Bertz CT molecular complexity index is 1170. The van der Waals surface area contributed by atoms with Crippen LogP contribution in [0, 0.1) is 3.57 Å². The predicted octanol–water partition coefficient (Wildman–Crippen LogP) is 6.66. The van der Waals surface area contributed by atoms with E-state index in [1.165, 1.54) is 0 Å². The molecule has 4 nitrogen and oxygen atoms in total. The third kappa shape index (κ3) is 3.95. The maximum atomic E-state index is 12.5. The Labute approximate surface area is 178 Å². The topological polar surface area (TPSA) is 55.1 Å². The highest BCUT2D eigenvalue weighted by molar-refractivity contribution is 14.1. The molecule has 0 radical (unpaired) electrons. The van der Waals surface area contributed by atoms with Gasteiger partial charge >= 0.3 is 0 Å². The van der Waals surface area contributed by atoms with E-state index in [2.05, 4.69) is 32.9 Å². The van der Waals surface area contributed by atoms with Gasteiger partial charge in [-0.25, -0.2) is 4.98 Å². The second kappa shape index (κ2) is 7.50. The largest absolute Gasteiger partial charge is 0.436 e. The van der Waals surface area contributed by atoms with Crippen LogP contribution in [0.4, 0.5) is 5.69 Å². The quantitative estimate of drug-likeness (QED) is 0.315. The van der Waals surface area contributed by atoms with Gasteiger partial charge in [0.15, 0.2) is 5.58 Å². The van der Waals surface area contributed by atoms with E-state index in [0.29, 0.717) is 38.3 Å². The first-order valence-electron chi connectivity index (χ1n) is 7.92. The molecule has 1 amide bonds. The van der Waals surface area contributed by atoms with Crippen molar-refractivity contribution < 1.29 is 9.21 Å². The van der Waals surface area contributed by atoms with Crippen LogP contribution < -0.4 is 5.32 Å². The van der Waals surface area contributed by atoms with Gasteiger partial charge in [0.2, 0.25) is 5.89 Å². The highest BCUT2D eigenvalue weighted by Gasteiger charge is 2.13. The molecule has 0 saturated heterocycles. The fraction of sp³-hybridized carbons (Fsp3) is 0. The number of benzene rings is 3. The number of nitrogens with one attached hydrogen (secondary N) is 1. The number of rotatable bonds is 3. The van der Waals surface area contributed by atoms with Crippen molar-refractivity contribution in [2.75, 3.05) is 5.32 Å².